The van der Waals surface area contributed by atoms with E-state index < -0.39 is 0 Å². The summed E-state index contributed by atoms with van der Waals surface area (Å²) in [6, 6.07) is 9.63. The molecule has 0 aliphatic carbocycles. The van der Waals surface area contributed by atoms with Crippen molar-refractivity contribution in [1.29, 1.82) is 0 Å². The monoisotopic (exact) mass is 173 g/mol. The van der Waals surface area contributed by atoms with E-state index in [9.17, 15) is 4.79 Å². The zero-order chi connectivity index (χ0) is 9.68. The summed E-state index contributed by atoms with van der Waals surface area (Å²) in [5.74, 6) is 5.96. The first kappa shape index (κ1) is 9.54. The van der Waals surface area contributed by atoms with Crippen molar-refractivity contribution < 1.29 is 4.79 Å². The largest absolute Gasteiger partial charge is 0.370 e. The molecule has 1 heteroatoms. The van der Waals surface area contributed by atoms with Crippen LogP contribution in [-0.2, 0) is 0 Å². The van der Waals surface area contributed by atoms with E-state index in [1.165, 1.54) is 0 Å². The van der Waals surface area contributed by atoms with Crippen LogP contribution in [0.15, 0.2) is 30.3 Å². The Morgan fingerprint density at radius 2 is 1.85 bits per heavy atom. The van der Waals surface area contributed by atoms with E-state index in [2.05, 4.69) is 11.8 Å². The van der Waals surface area contributed by atoms with Gasteiger partial charge in [-0.15, -0.1) is 0 Å². The Morgan fingerprint density at radius 3 is 2.38 bits per heavy atom. The van der Waals surface area contributed by atoms with Gasteiger partial charge in [-0.05, 0) is 26.0 Å². The number of hydrogen-bond acceptors (Lipinski definition) is 0. The number of ketones is 1. The molecule has 0 radical (unpaired) electrons. The number of hydrogen-bond donors (Lipinski definition) is 0. The summed E-state index contributed by atoms with van der Waals surface area (Å²) in [5, 5.41) is 0. The molecule has 1 aromatic rings. The van der Waals surface area contributed by atoms with Crippen LogP contribution in [0, 0.1) is 17.8 Å². The summed E-state index contributed by atoms with van der Waals surface area (Å²) in [6.07, 6.45) is 0. The minimum absolute atomic E-state index is 0.108. The fraction of sp³-hybridized carbons (Fsp3) is 0.250. The van der Waals surface area contributed by atoms with Crippen LogP contribution in [0.5, 0.6) is 0 Å². The Labute approximate surface area is 78.8 Å². The third-order valence-corrected chi connectivity index (χ3v) is 1.66. The van der Waals surface area contributed by atoms with Gasteiger partial charge in [0.2, 0.25) is 0 Å². The summed E-state index contributed by atoms with van der Waals surface area (Å²) < 4.78 is 0. The summed E-state index contributed by atoms with van der Waals surface area (Å²) in [7, 11) is 0. The van der Waals surface area contributed by atoms with Gasteiger partial charge in [0.25, 0.3) is 0 Å². The average molecular weight is 173 g/mol. The Kier molecular flexibility index (Phi) is 3.28. The van der Waals surface area contributed by atoms with Crippen LogP contribution in [0.3, 0.4) is 0 Å². The first-order chi connectivity index (χ1) is 6.20. The SMILES string of the molecule is CC(C)C(=[OH+])C#Cc1ccccc1. The second-order valence-electron chi connectivity index (χ2n) is 3.16. The number of benzene rings is 1. The van der Waals surface area contributed by atoms with Crippen molar-refractivity contribution in [3.63, 3.8) is 0 Å². The lowest BCUT2D eigenvalue weighted by Crippen LogP contribution is -2.03. The van der Waals surface area contributed by atoms with E-state index in [-0.39, 0.29) is 11.7 Å². The van der Waals surface area contributed by atoms with Crippen molar-refractivity contribution in [2.24, 2.45) is 5.92 Å². The molecule has 1 rings (SSSR count). The van der Waals surface area contributed by atoms with Crippen LogP contribution in [0.25, 0.3) is 0 Å². The van der Waals surface area contributed by atoms with Crippen molar-refractivity contribution in [3.05, 3.63) is 35.9 Å². The Balaban J connectivity index is 2.74. The zero-order valence-electron chi connectivity index (χ0n) is 7.91. The summed E-state index contributed by atoms with van der Waals surface area (Å²) in [5.41, 5.74) is 0.926. The number of rotatable bonds is 1. The molecule has 66 valence electrons. The van der Waals surface area contributed by atoms with E-state index in [0.717, 1.165) is 5.56 Å². The molecule has 0 fully saturated rings. The normalized spacial score (nSPS) is 9.15. The average Bonchev–Trinajstić information content (AvgIpc) is 2.15. The minimum Gasteiger partial charge on any atom is -0.269 e. The van der Waals surface area contributed by atoms with E-state index in [4.69, 9.17) is 0 Å². The highest BCUT2D eigenvalue weighted by molar-refractivity contribution is 5.98. The molecule has 0 saturated heterocycles. The lowest BCUT2D eigenvalue weighted by Gasteiger charge is -1.87. The van der Waals surface area contributed by atoms with E-state index in [0.29, 0.717) is 0 Å². The Hall–Kier alpha value is -1.55. The fourth-order valence-corrected chi connectivity index (χ4v) is 0.802. The predicted molar refractivity (Wildman–Crippen MR) is 55.1 cm³/mol. The van der Waals surface area contributed by atoms with Gasteiger partial charge in [0.05, 0.1) is 5.92 Å². The van der Waals surface area contributed by atoms with Crippen LogP contribution in [0.4, 0.5) is 0 Å². The molecule has 0 saturated carbocycles. The van der Waals surface area contributed by atoms with Crippen molar-refractivity contribution in [2.75, 3.05) is 0 Å². The minimum atomic E-state index is 0.108. The van der Waals surface area contributed by atoms with E-state index >= 15 is 0 Å². The number of carbonyl (C=O) groups excluding carboxylic acids is 1. The zero-order valence-corrected chi connectivity index (χ0v) is 7.91. The maximum atomic E-state index is 9.33. The van der Waals surface area contributed by atoms with Gasteiger partial charge in [-0.25, -0.2) is 0 Å². The highest BCUT2D eigenvalue weighted by Crippen LogP contribution is 1.96. The van der Waals surface area contributed by atoms with Crippen molar-refractivity contribution in [3.8, 4) is 11.8 Å². The smallest absolute Gasteiger partial charge is 0.269 e. The third-order valence-electron chi connectivity index (χ3n) is 1.66. The van der Waals surface area contributed by atoms with Crippen molar-refractivity contribution in [1.82, 2.24) is 0 Å². The molecule has 0 amide bonds. The second kappa shape index (κ2) is 4.47. The van der Waals surface area contributed by atoms with Crippen LogP contribution in [0.2, 0.25) is 0 Å². The highest BCUT2D eigenvalue weighted by atomic mass is 16.1. The molecule has 0 heterocycles. The van der Waals surface area contributed by atoms with E-state index in [1.807, 2.05) is 44.2 Å². The van der Waals surface area contributed by atoms with Crippen molar-refractivity contribution >= 4 is 5.78 Å². The lowest BCUT2D eigenvalue weighted by atomic mass is 10.1. The molecule has 13 heavy (non-hydrogen) atoms. The van der Waals surface area contributed by atoms with Gasteiger partial charge in [-0.3, -0.25) is 4.79 Å². The van der Waals surface area contributed by atoms with Crippen LogP contribution < -0.4 is 0 Å². The molecular weight excluding hydrogens is 160 g/mol. The fourth-order valence-electron chi connectivity index (χ4n) is 0.802. The summed E-state index contributed by atoms with van der Waals surface area (Å²) >= 11 is 0. The van der Waals surface area contributed by atoms with Crippen LogP contribution in [0.1, 0.15) is 19.4 Å². The quantitative estimate of drug-likeness (QED) is 0.459. The van der Waals surface area contributed by atoms with Gasteiger partial charge in [-0.1, -0.05) is 24.1 Å². The third kappa shape index (κ3) is 3.13. The van der Waals surface area contributed by atoms with Gasteiger partial charge in [0, 0.05) is 11.5 Å². The molecule has 0 unspecified atom stereocenters. The maximum Gasteiger partial charge on any atom is 0.370 e. The van der Waals surface area contributed by atoms with Gasteiger partial charge in [0.1, 0.15) is 0 Å². The topological polar surface area (TPSA) is 21.4 Å². The molecule has 0 aliphatic rings. The lowest BCUT2D eigenvalue weighted by molar-refractivity contribution is 0.637. The standard InChI is InChI=1S/C12H12O/c1-10(2)12(13)9-8-11-6-4-3-5-7-11/h3-7,10H,1-2H3/p+1. The molecule has 0 aromatic heterocycles. The summed E-state index contributed by atoms with van der Waals surface area (Å²) in [4.78, 5) is 9.33. The molecule has 1 nitrogen and oxygen atoms in total. The molecule has 0 atom stereocenters. The second-order valence-corrected chi connectivity index (χ2v) is 3.16. The van der Waals surface area contributed by atoms with Crippen molar-refractivity contribution in [2.45, 2.75) is 13.8 Å². The highest BCUT2D eigenvalue weighted by Gasteiger charge is 2.08. The molecule has 0 bridgehead atoms. The first-order valence-electron chi connectivity index (χ1n) is 4.33. The molecule has 0 spiro atoms. The predicted octanol–water partition coefficient (Wildman–Crippen LogP) is 2.24. The molecule has 1 N–H and O–H groups in total. The van der Waals surface area contributed by atoms with Crippen LogP contribution >= 0.6 is 0 Å². The molecule has 0 aliphatic heterocycles. The molecular formula is C12H13O+. The van der Waals surface area contributed by atoms with Gasteiger partial charge < -0.3 is 0 Å². The Bertz CT molecular complexity index is 338. The first-order valence-corrected chi connectivity index (χ1v) is 4.33. The van der Waals surface area contributed by atoms with Gasteiger partial charge in [-0.2, -0.15) is 0 Å². The maximum absolute atomic E-state index is 9.33. The Morgan fingerprint density at radius 1 is 1.23 bits per heavy atom. The van der Waals surface area contributed by atoms with Gasteiger partial charge >= 0.3 is 5.78 Å². The molecule has 1 aromatic carbocycles. The van der Waals surface area contributed by atoms with Gasteiger partial charge in [0.15, 0.2) is 0 Å². The summed E-state index contributed by atoms with van der Waals surface area (Å²) in [6.45, 7) is 3.82. The van der Waals surface area contributed by atoms with Crippen LogP contribution in [-0.4, -0.2) is 10.6 Å². The van der Waals surface area contributed by atoms with E-state index in [1.54, 1.807) is 0 Å².